The molecule has 1 aliphatic rings. The molecule has 0 aromatic heterocycles. The van der Waals surface area contributed by atoms with E-state index in [0.29, 0.717) is 6.10 Å². The van der Waals surface area contributed by atoms with Crippen molar-refractivity contribution in [3.05, 3.63) is 23.8 Å². The molecule has 0 saturated carbocycles. The van der Waals surface area contributed by atoms with Crippen LogP contribution in [0, 0.1) is 0 Å². The average Bonchev–Trinajstić information content (AvgIpc) is 2.46. The standard InChI is InChI=1S/C15H22O3S/c1-17-15-12(5-3-9-16)4-2-6-14(15)18-13-7-10-19-11-8-13/h2,4,6,13,16H,3,5,7-11H2,1H3. The maximum Gasteiger partial charge on any atom is 0.163 e. The lowest BCUT2D eigenvalue weighted by atomic mass is 10.1. The minimum Gasteiger partial charge on any atom is -0.493 e. The number of hydrogen-bond acceptors (Lipinski definition) is 4. The second-order valence-electron chi connectivity index (χ2n) is 4.71. The molecule has 19 heavy (non-hydrogen) atoms. The largest absolute Gasteiger partial charge is 0.493 e. The Morgan fingerprint density at radius 3 is 2.79 bits per heavy atom. The highest BCUT2D eigenvalue weighted by Crippen LogP contribution is 2.34. The highest BCUT2D eigenvalue weighted by atomic mass is 32.2. The van der Waals surface area contributed by atoms with Crippen LogP contribution in [0.25, 0.3) is 0 Å². The van der Waals surface area contributed by atoms with Gasteiger partial charge in [0.05, 0.1) is 7.11 Å². The molecule has 106 valence electrons. The molecule has 1 N–H and O–H groups in total. The number of para-hydroxylation sites is 1. The summed E-state index contributed by atoms with van der Waals surface area (Å²) in [5.74, 6) is 4.03. The smallest absolute Gasteiger partial charge is 0.163 e. The van der Waals surface area contributed by atoms with Crippen molar-refractivity contribution in [3.8, 4) is 11.5 Å². The predicted octanol–water partition coefficient (Wildman–Crippen LogP) is 2.89. The number of thioether (sulfide) groups is 1. The molecule has 0 spiro atoms. The molecule has 1 saturated heterocycles. The first-order valence-electron chi connectivity index (χ1n) is 6.86. The predicted molar refractivity (Wildman–Crippen MR) is 79.4 cm³/mol. The van der Waals surface area contributed by atoms with E-state index in [9.17, 15) is 0 Å². The lowest BCUT2D eigenvalue weighted by Crippen LogP contribution is -2.22. The third-order valence-electron chi connectivity index (χ3n) is 3.33. The van der Waals surface area contributed by atoms with Crippen LogP contribution in [0.4, 0.5) is 0 Å². The van der Waals surface area contributed by atoms with Crippen molar-refractivity contribution in [1.29, 1.82) is 0 Å². The van der Waals surface area contributed by atoms with E-state index in [4.69, 9.17) is 14.6 Å². The minimum absolute atomic E-state index is 0.202. The van der Waals surface area contributed by atoms with Gasteiger partial charge in [0.1, 0.15) is 6.10 Å². The van der Waals surface area contributed by atoms with E-state index in [-0.39, 0.29) is 6.61 Å². The SMILES string of the molecule is COc1c(CCCO)cccc1OC1CCSCC1. The van der Waals surface area contributed by atoms with Gasteiger partial charge in [-0.15, -0.1) is 0 Å². The number of aryl methyl sites for hydroxylation is 1. The molecule has 1 heterocycles. The molecule has 1 aliphatic heterocycles. The van der Waals surface area contributed by atoms with Gasteiger partial charge in [-0.1, -0.05) is 12.1 Å². The van der Waals surface area contributed by atoms with Crippen molar-refractivity contribution in [3.63, 3.8) is 0 Å². The minimum atomic E-state index is 0.202. The normalized spacial score (nSPS) is 16.3. The van der Waals surface area contributed by atoms with E-state index >= 15 is 0 Å². The summed E-state index contributed by atoms with van der Waals surface area (Å²) in [5.41, 5.74) is 1.11. The fraction of sp³-hybridized carbons (Fsp3) is 0.600. The third kappa shape index (κ3) is 4.05. The average molecular weight is 282 g/mol. The van der Waals surface area contributed by atoms with Crippen molar-refractivity contribution in [2.75, 3.05) is 25.2 Å². The fourth-order valence-electron chi connectivity index (χ4n) is 2.33. The van der Waals surface area contributed by atoms with Crippen LogP contribution in [0.3, 0.4) is 0 Å². The van der Waals surface area contributed by atoms with Crippen LogP contribution >= 0.6 is 11.8 Å². The lowest BCUT2D eigenvalue weighted by Gasteiger charge is -2.24. The second-order valence-corrected chi connectivity index (χ2v) is 5.93. The molecule has 1 aromatic rings. The Hall–Kier alpha value is -0.870. The van der Waals surface area contributed by atoms with Crippen LogP contribution in [0.1, 0.15) is 24.8 Å². The summed E-state index contributed by atoms with van der Waals surface area (Å²) in [4.78, 5) is 0. The molecular weight excluding hydrogens is 260 g/mol. The van der Waals surface area contributed by atoms with Crippen LogP contribution < -0.4 is 9.47 Å². The number of aliphatic hydroxyl groups excluding tert-OH is 1. The maximum absolute atomic E-state index is 8.95. The molecule has 0 atom stereocenters. The van der Waals surface area contributed by atoms with Gasteiger partial charge in [-0.05, 0) is 48.8 Å². The first kappa shape index (κ1) is 14.5. The molecule has 0 amide bonds. The number of ether oxygens (including phenoxy) is 2. The van der Waals surface area contributed by atoms with E-state index in [0.717, 1.165) is 42.7 Å². The molecule has 1 fully saturated rings. The second kappa shape index (κ2) is 7.65. The van der Waals surface area contributed by atoms with Crippen molar-refractivity contribution >= 4 is 11.8 Å². The van der Waals surface area contributed by atoms with E-state index in [1.807, 2.05) is 30.0 Å². The highest BCUT2D eigenvalue weighted by Gasteiger charge is 2.18. The summed E-state index contributed by atoms with van der Waals surface area (Å²) in [6.07, 6.45) is 4.09. The molecular formula is C15H22O3S. The topological polar surface area (TPSA) is 38.7 Å². The van der Waals surface area contributed by atoms with Crippen LogP contribution in [-0.2, 0) is 6.42 Å². The van der Waals surface area contributed by atoms with Crippen LogP contribution in [0.15, 0.2) is 18.2 Å². The van der Waals surface area contributed by atoms with Gasteiger partial charge in [0.2, 0.25) is 0 Å². The Kier molecular flexibility index (Phi) is 5.86. The summed E-state index contributed by atoms with van der Waals surface area (Å²) in [5, 5.41) is 8.95. The molecule has 0 aliphatic carbocycles. The Morgan fingerprint density at radius 1 is 1.32 bits per heavy atom. The summed E-state index contributed by atoms with van der Waals surface area (Å²) >= 11 is 1.99. The van der Waals surface area contributed by atoms with E-state index in [2.05, 4.69) is 0 Å². The van der Waals surface area contributed by atoms with Crippen molar-refractivity contribution < 1.29 is 14.6 Å². The Bertz CT molecular complexity index is 389. The Morgan fingerprint density at radius 2 is 2.11 bits per heavy atom. The van der Waals surface area contributed by atoms with Gasteiger partial charge < -0.3 is 14.6 Å². The van der Waals surface area contributed by atoms with Gasteiger partial charge in [0, 0.05) is 6.61 Å². The molecule has 2 rings (SSSR count). The quantitative estimate of drug-likeness (QED) is 0.871. The maximum atomic E-state index is 8.95. The zero-order valence-electron chi connectivity index (χ0n) is 11.4. The first-order valence-corrected chi connectivity index (χ1v) is 8.01. The van der Waals surface area contributed by atoms with Gasteiger partial charge in [-0.3, -0.25) is 0 Å². The van der Waals surface area contributed by atoms with Gasteiger partial charge in [0.15, 0.2) is 11.5 Å². The van der Waals surface area contributed by atoms with Gasteiger partial charge in [0.25, 0.3) is 0 Å². The molecule has 1 aromatic carbocycles. The summed E-state index contributed by atoms with van der Waals surface area (Å²) < 4.78 is 11.6. The monoisotopic (exact) mass is 282 g/mol. The molecule has 0 bridgehead atoms. The fourth-order valence-corrected chi connectivity index (χ4v) is 3.39. The van der Waals surface area contributed by atoms with Crippen molar-refractivity contribution in [2.45, 2.75) is 31.8 Å². The summed E-state index contributed by atoms with van der Waals surface area (Å²) in [6, 6.07) is 6.02. The zero-order chi connectivity index (χ0) is 13.5. The number of hydrogen-bond donors (Lipinski definition) is 1. The number of rotatable bonds is 6. The van der Waals surface area contributed by atoms with E-state index < -0.39 is 0 Å². The molecule has 3 nitrogen and oxygen atoms in total. The van der Waals surface area contributed by atoms with Gasteiger partial charge in [-0.2, -0.15) is 11.8 Å². The van der Waals surface area contributed by atoms with Gasteiger partial charge >= 0.3 is 0 Å². The van der Waals surface area contributed by atoms with Crippen LogP contribution in [-0.4, -0.2) is 36.4 Å². The third-order valence-corrected chi connectivity index (χ3v) is 4.38. The highest BCUT2D eigenvalue weighted by molar-refractivity contribution is 7.99. The van der Waals surface area contributed by atoms with Crippen LogP contribution in [0.2, 0.25) is 0 Å². The summed E-state index contributed by atoms with van der Waals surface area (Å²) in [7, 11) is 1.68. The van der Waals surface area contributed by atoms with E-state index in [1.54, 1.807) is 7.11 Å². The van der Waals surface area contributed by atoms with Crippen molar-refractivity contribution in [2.24, 2.45) is 0 Å². The van der Waals surface area contributed by atoms with Gasteiger partial charge in [-0.25, -0.2) is 0 Å². The lowest BCUT2D eigenvalue weighted by molar-refractivity contribution is 0.184. The summed E-state index contributed by atoms with van der Waals surface area (Å²) in [6.45, 7) is 0.202. The molecule has 0 radical (unpaired) electrons. The van der Waals surface area contributed by atoms with E-state index in [1.165, 1.54) is 11.5 Å². The van der Waals surface area contributed by atoms with Crippen LogP contribution in [0.5, 0.6) is 11.5 Å². The first-order chi connectivity index (χ1) is 9.35. The number of methoxy groups -OCH3 is 1. The Labute approximate surface area is 119 Å². The molecule has 0 unspecified atom stereocenters. The molecule has 4 heteroatoms. The zero-order valence-corrected chi connectivity index (χ0v) is 12.2. The number of benzene rings is 1. The number of aliphatic hydroxyl groups is 1. The van der Waals surface area contributed by atoms with Crippen molar-refractivity contribution in [1.82, 2.24) is 0 Å². The Balaban J connectivity index is 2.09.